The highest BCUT2D eigenvalue weighted by Gasteiger charge is 2.42. The van der Waals surface area contributed by atoms with E-state index in [1.807, 2.05) is 0 Å². The molecule has 2 aliphatic heterocycles. The van der Waals surface area contributed by atoms with Gasteiger partial charge in [0.05, 0.1) is 11.5 Å². The van der Waals surface area contributed by atoms with Gasteiger partial charge in [-0.1, -0.05) is 0 Å². The van der Waals surface area contributed by atoms with Crippen LogP contribution >= 0.6 is 0 Å². The molecule has 2 atom stereocenters. The van der Waals surface area contributed by atoms with Gasteiger partial charge in [-0.25, -0.2) is 8.42 Å². The summed E-state index contributed by atoms with van der Waals surface area (Å²) in [6.45, 7) is 5.28. The van der Waals surface area contributed by atoms with Crippen molar-refractivity contribution in [1.82, 2.24) is 4.90 Å². The van der Waals surface area contributed by atoms with E-state index in [0.29, 0.717) is 29.5 Å². The number of hydrogen-bond donors (Lipinski definition) is 0. The Morgan fingerprint density at radius 1 is 1.31 bits per heavy atom. The molecule has 2 saturated heterocycles. The van der Waals surface area contributed by atoms with Crippen LogP contribution in [0.3, 0.4) is 0 Å². The van der Waals surface area contributed by atoms with E-state index < -0.39 is 9.84 Å². The molecule has 0 saturated carbocycles. The molecule has 2 heterocycles. The summed E-state index contributed by atoms with van der Waals surface area (Å²) in [4.78, 5) is 2.34. The average molecular weight is 203 g/mol. The summed E-state index contributed by atoms with van der Waals surface area (Å²) in [5.41, 5.74) is 0. The summed E-state index contributed by atoms with van der Waals surface area (Å²) in [6, 6.07) is 0.798. The fourth-order valence-corrected chi connectivity index (χ4v) is 4.69. The molecule has 0 spiro atoms. The third kappa shape index (κ3) is 1.74. The van der Waals surface area contributed by atoms with Crippen molar-refractivity contribution in [3.05, 3.63) is 0 Å². The summed E-state index contributed by atoms with van der Waals surface area (Å²) >= 11 is 0. The molecule has 0 aromatic carbocycles. The summed E-state index contributed by atoms with van der Waals surface area (Å²) in [7, 11) is -2.73. The van der Waals surface area contributed by atoms with E-state index in [4.69, 9.17) is 0 Å². The van der Waals surface area contributed by atoms with Gasteiger partial charge in [0.2, 0.25) is 0 Å². The maximum absolute atomic E-state index is 11.5. The molecule has 0 aromatic rings. The van der Waals surface area contributed by atoms with Gasteiger partial charge >= 0.3 is 0 Å². The van der Waals surface area contributed by atoms with Gasteiger partial charge in [-0.2, -0.15) is 0 Å². The Balaban J connectivity index is 2.18. The summed E-state index contributed by atoms with van der Waals surface area (Å²) in [6.07, 6.45) is 1.09. The van der Waals surface area contributed by atoms with Crippen LogP contribution in [0.2, 0.25) is 0 Å². The van der Waals surface area contributed by atoms with E-state index in [-0.39, 0.29) is 0 Å². The van der Waals surface area contributed by atoms with Crippen molar-refractivity contribution in [1.29, 1.82) is 0 Å². The molecule has 2 fully saturated rings. The molecular formula is C9H17NO2S. The molecule has 0 amide bonds. The Hall–Kier alpha value is -0.0900. The van der Waals surface area contributed by atoms with Gasteiger partial charge in [-0.15, -0.1) is 0 Å². The molecule has 4 heteroatoms. The molecule has 0 N–H and O–H groups in total. The van der Waals surface area contributed by atoms with Crippen LogP contribution in [-0.4, -0.2) is 43.5 Å². The van der Waals surface area contributed by atoms with Gasteiger partial charge < -0.3 is 0 Å². The lowest BCUT2D eigenvalue weighted by Gasteiger charge is -2.27. The topological polar surface area (TPSA) is 37.4 Å². The molecule has 0 radical (unpaired) electrons. The van der Waals surface area contributed by atoms with Crippen molar-refractivity contribution < 1.29 is 8.42 Å². The van der Waals surface area contributed by atoms with Gasteiger partial charge in [0.25, 0.3) is 0 Å². The van der Waals surface area contributed by atoms with Crippen molar-refractivity contribution >= 4 is 9.84 Å². The van der Waals surface area contributed by atoms with Crippen LogP contribution in [0, 0.1) is 5.92 Å². The normalized spacial score (nSPS) is 38.4. The first-order chi connectivity index (χ1) is 5.98. The minimum absolute atomic E-state index is 0.309. The SMILES string of the molecule is CC(C)N1CC2CC1CS(=O)(=O)C2. The second-order valence-corrected chi connectivity index (χ2v) is 6.78. The van der Waals surface area contributed by atoms with E-state index in [1.54, 1.807) is 0 Å². The van der Waals surface area contributed by atoms with Gasteiger partial charge in [0.1, 0.15) is 0 Å². The molecule has 0 aromatic heterocycles. The van der Waals surface area contributed by atoms with E-state index in [9.17, 15) is 8.42 Å². The summed E-state index contributed by atoms with van der Waals surface area (Å²) in [5, 5.41) is 0. The Morgan fingerprint density at radius 3 is 2.62 bits per heavy atom. The lowest BCUT2D eigenvalue weighted by atomic mass is 10.1. The third-order valence-corrected chi connectivity index (χ3v) is 5.01. The lowest BCUT2D eigenvalue weighted by Crippen LogP contribution is -2.39. The molecular weight excluding hydrogens is 186 g/mol. The zero-order valence-corrected chi connectivity index (χ0v) is 9.05. The van der Waals surface area contributed by atoms with E-state index in [2.05, 4.69) is 18.7 Å². The van der Waals surface area contributed by atoms with Gasteiger partial charge in [0.15, 0.2) is 9.84 Å². The van der Waals surface area contributed by atoms with Crippen molar-refractivity contribution in [3.63, 3.8) is 0 Å². The highest BCUT2D eigenvalue weighted by molar-refractivity contribution is 7.91. The van der Waals surface area contributed by atoms with Gasteiger partial charge in [0, 0.05) is 18.6 Å². The third-order valence-electron chi connectivity index (χ3n) is 3.14. The summed E-state index contributed by atoms with van der Waals surface area (Å²) in [5.74, 6) is 1.22. The fourth-order valence-electron chi connectivity index (χ4n) is 2.68. The number of hydrogen-bond acceptors (Lipinski definition) is 3. The van der Waals surface area contributed by atoms with Crippen LogP contribution in [0.1, 0.15) is 20.3 Å². The van der Waals surface area contributed by atoms with Crippen molar-refractivity contribution in [2.45, 2.75) is 32.4 Å². The van der Waals surface area contributed by atoms with Crippen LogP contribution in [0.5, 0.6) is 0 Å². The lowest BCUT2D eigenvalue weighted by molar-refractivity contribution is 0.217. The molecule has 2 aliphatic rings. The second kappa shape index (κ2) is 2.95. The number of likely N-dealkylation sites (tertiary alicyclic amines) is 1. The zero-order chi connectivity index (χ0) is 9.64. The van der Waals surface area contributed by atoms with Crippen LogP contribution < -0.4 is 0 Å². The van der Waals surface area contributed by atoms with Crippen LogP contribution in [0.4, 0.5) is 0 Å². The predicted molar refractivity (Wildman–Crippen MR) is 52.4 cm³/mol. The van der Waals surface area contributed by atoms with Gasteiger partial charge in [-0.05, 0) is 26.2 Å². The monoisotopic (exact) mass is 203 g/mol. The van der Waals surface area contributed by atoms with E-state index in [1.165, 1.54) is 0 Å². The van der Waals surface area contributed by atoms with Gasteiger partial charge in [-0.3, -0.25) is 4.90 Å². The molecule has 76 valence electrons. The number of sulfone groups is 1. The smallest absolute Gasteiger partial charge is 0.152 e. The maximum Gasteiger partial charge on any atom is 0.152 e. The molecule has 2 bridgehead atoms. The molecule has 13 heavy (non-hydrogen) atoms. The van der Waals surface area contributed by atoms with Crippen molar-refractivity contribution in [2.75, 3.05) is 18.1 Å². The minimum Gasteiger partial charge on any atom is -0.297 e. The van der Waals surface area contributed by atoms with E-state index in [0.717, 1.165) is 13.0 Å². The first-order valence-corrected chi connectivity index (χ1v) is 6.76. The Kier molecular flexibility index (Phi) is 2.15. The average Bonchev–Trinajstić information content (AvgIpc) is 2.24. The largest absolute Gasteiger partial charge is 0.297 e. The summed E-state index contributed by atoms with van der Waals surface area (Å²) < 4.78 is 22.9. The van der Waals surface area contributed by atoms with E-state index >= 15 is 0 Å². The number of rotatable bonds is 1. The standard InChI is InChI=1S/C9H17NO2S/c1-7(2)10-4-8-3-9(10)6-13(11,12)5-8/h7-9H,3-6H2,1-2H3. The molecule has 2 rings (SSSR count). The fraction of sp³-hybridized carbons (Fsp3) is 1.00. The van der Waals surface area contributed by atoms with Crippen LogP contribution in [0.15, 0.2) is 0 Å². The molecule has 2 unspecified atom stereocenters. The highest BCUT2D eigenvalue weighted by Crippen LogP contribution is 2.32. The zero-order valence-electron chi connectivity index (χ0n) is 8.23. The number of fused-ring (bicyclic) bond motifs is 2. The highest BCUT2D eigenvalue weighted by atomic mass is 32.2. The van der Waals surface area contributed by atoms with Crippen molar-refractivity contribution in [2.24, 2.45) is 5.92 Å². The first kappa shape index (κ1) is 9.46. The minimum atomic E-state index is -2.73. The molecule has 0 aliphatic carbocycles. The Labute approximate surface area is 80.0 Å². The second-order valence-electron chi connectivity index (χ2n) is 4.62. The quantitative estimate of drug-likeness (QED) is 0.623. The Bertz CT molecular complexity index is 297. The molecule has 3 nitrogen and oxygen atoms in total. The number of nitrogens with zero attached hydrogens (tertiary/aromatic N) is 1. The predicted octanol–water partition coefficient (Wildman–Crippen LogP) is 0.514. The maximum atomic E-state index is 11.5. The first-order valence-electron chi connectivity index (χ1n) is 4.94. The van der Waals surface area contributed by atoms with Crippen LogP contribution in [-0.2, 0) is 9.84 Å². The Morgan fingerprint density at radius 2 is 2.00 bits per heavy atom. The van der Waals surface area contributed by atoms with Crippen molar-refractivity contribution in [3.8, 4) is 0 Å². The van der Waals surface area contributed by atoms with Crippen LogP contribution in [0.25, 0.3) is 0 Å².